The maximum Gasteiger partial charge on any atom is 0.0543 e. The van der Waals surface area contributed by atoms with Crippen LogP contribution in [0.3, 0.4) is 0 Å². The molecular formula is C23H36O. The number of aliphatic hydroxyl groups excluding tert-OH is 1. The first-order valence-electron chi connectivity index (χ1n) is 10.9. The van der Waals surface area contributed by atoms with E-state index in [0.29, 0.717) is 10.8 Å². The number of hydrogen-bond donors (Lipinski definition) is 1. The molecule has 0 bridgehead atoms. The summed E-state index contributed by atoms with van der Waals surface area (Å²) in [5.41, 5.74) is 2.81. The zero-order valence-electron chi connectivity index (χ0n) is 15.6. The minimum Gasteiger partial charge on any atom is -0.393 e. The van der Waals surface area contributed by atoms with Crippen molar-refractivity contribution < 1.29 is 5.11 Å². The Labute approximate surface area is 148 Å². The molecule has 24 heavy (non-hydrogen) atoms. The van der Waals surface area contributed by atoms with Gasteiger partial charge in [0.05, 0.1) is 6.10 Å². The van der Waals surface area contributed by atoms with Gasteiger partial charge in [-0.3, -0.25) is 0 Å². The number of aliphatic hydroxyl groups is 1. The van der Waals surface area contributed by atoms with Gasteiger partial charge in [0.25, 0.3) is 0 Å². The van der Waals surface area contributed by atoms with Gasteiger partial charge in [0.1, 0.15) is 0 Å². The summed E-state index contributed by atoms with van der Waals surface area (Å²) in [5.74, 6) is 4.62. The molecule has 0 aromatic heterocycles. The van der Waals surface area contributed by atoms with Crippen LogP contribution in [0.15, 0.2) is 12.2 Å². The molecule has 5 saturated carbocycles. The van der Waals surface area contributed by atoms with E-state index < -0.39 is 0 Å². The molecule has 134 valence electrons. The van der Waals surface area contributed by atoms with Gasteiger partial charge < -0.3 is 5.11 Å². The van der Waals surface area contributed by atoms with Crippen molar-refractivity contribution in [2.75, 3.05) is 0 Å². The minimum atomic E-state index is -0.00733. The highest BCUT2D eigenvalue weighted by molar-refractivity contribution is 5.19. The van der Waals surface area contributed by atoms with Crippen LogP contribution in [0.4, 0.5) is 0 Å². The molecule has 0 amide bonds. The Morgan fingerprint density at radius 3 is 2.71 bits per heavy atom. The summed E-state index contributed by atoms with van der Waals surface area (Å²) < 4.78 is 0. The number of fused-ring (bicyclic) bond motifs is 4. The van der Waals surface area contributed by atoms with E-state index in [1.807, 2.05) is 0 Å². The molecule has 1 heteroatoms. The van der Waals surface area contributed by atoms with Gasteiger partial charge in [0.2, 0.25) is 0 Å². The van der Waals surface area contributed by atoms with Crippen molar-refractivity contribution in [2.45, 2.75) is 90.1 Å². The second-order valence-corrected chi connectivity index (χ2v) is 10.5. The zero-order valence-corrected chi connectivity index (χ0v) is 15.6. The highest BCUT2D eigenvalue weighted by atomic mass is 16.3. The lowest BCUT2D eigenvalue weighted by Crippen LogP contribution is -2.54. The molecule has 5 unspecified atom stereocenters. The van der Waals surface area contributed by atoms with Gasteiger partial charge in [0, 0.05) is 0 Å². The normalized spacial score (nSPS) is 56.8. The summed E-state index contributed by atoms with van der Waals surface area (Å²) in [6, 6.07) is 0. The average molecular weight is 329 g/mol. The van der Waals surface area contributed by atoms with Crippen LogP contribution in [0.2, 0.25) is 0 Å². The summed E-state index contributed by atoms with van der Waals surface area (Å²) in [4.78, 5) is 0. The average Bonchev–Trinajstić information content (AvgIpc) is 2.96. The highest BCUT2D eigenvalue weighted by Gasteiger charge is 2.62. The summed E-state index contributed by atoms with van der Waals surface area (Å²) in [7, 11) is 0. The van der Waals surface area contributed by atoms with Crippen LogP contribution < -0.4 is 0 Å². The maximum absolute atomic E-state index is 10.2. The number of rotatable bonds is 0. The molecule has 0 saturated heterocycles. The third-order valence-corrected chi connectivity index (χ3v) is 9.99. The first-order chi connectivity index (χ1) is 11.5. The second-order valence-electron chi connectivity index (χ2n) is 10.5. The lowest BCUT2D eigenvalue weighted by Gasteiger charge is -2.62. The van der Waals surface area contributed by atoms with Crippen molar-refractivity contribution in [1.29, 1.82) is 0 Å². The van der Waals surface area contributed by atoms with E-state index in [4.69, 9.17) is 0 Å². The fraction of sp³-hybridized carbons (Fsp3) is 0.913. The molecule has 0 aliphatic heterocycles. The van der Waals surface area contributed by atoms with Crippen LogP contribution in [0.5, 0.6) is 0 Å². The molecule has 0 aromatic rings. The molecule has 8 atom stereocenters. The van der Waals surface area contributed by atoms with E-state index in [0.717, 1.165) is 42.4 Å². The van der Waals surface area contributed by atoms with Crippen molar-refractivity contribution >= 4 is 0 Å². The maximum atomic E-state index is 10.2. The Bertz CT molecular complexity index is 538. The number of hydrogen-bond acceptors (Lipinski definition) is 1. The second kappa shape index (κ2) is 5.35. The molecule has 0 aromatic carbocycles. The zero-order chi connectivity index (χ0) is 16.5. The van der Waals surface area contributed by atoms with Gasteiger partial charge >= 0.3 is 0 Å². The molecule has 5 rings (SSSR count). The van der Waals surface area contributed by atoms with Gasteiger partial charge in [-0.05, 0) is 117 Å². The van der Waals surface area contributed by atoms with E-state index in [1.165, 1.54) is 64.2 Å². The fourth-order valence-electron chi connectivity index (χ4n) is 8.96. The van der Waals surface area contributed by atoms with Crippen molar-refractivity contribution in [3.8, 4) is 0 Å². The van der Waals surface area contributed by atoms with Crippen molar-refractivity contribution in [2.24, 2.45) is 40.4 Å². The Balaban J connectivity index is 1.46. The van der Waals surface area contributed by atoms with Gasteiger partial charge in [-0.1, -0.05) is 19.1 Å². The van der Waals surface area contributed by atoms with E-state index >= 15 is 0 Å². The number of allylic oxidation sites excluding steroid dienone is 1. The molecule has 0 heterocycles. The minimum absolute atomic E-state index is 0.00733. The van der Waals surface area contributed by atoms with Crippen LogP contribution in [-0.4, -0.2) is 11.2 Å². The first-order valence-corrected chi connectivity index (χ1v) is 10.9. The standard InChI is InChI=1S/C23H36O/c1-15-4-3-11-23-13-10-20-18(21(23)8-7-19(15)23)6-5-16-14-17(24)9-12-22(16,20)2/h16-21,24H,1,3-14H2,2H3/t16-,17+,18?,19?,20?,21?,22-,23?/m0/s1. The summed E-state index contributed by atoms with van der Waals surface area (Å²) >= 11 is 0. The molecule has 1 spiro atoms. The Morgan fingerprint density at radius 1 is 0.958 bits per heavy atom. The van der Waals surface area contributed by atoms with E-state index in [2.05, 4.69) is 13.5 Å². The molecule has 5 fully saturated rings. The van der Waals surface area contributed by atoms with Gasteiger partial charge in [-0.25, -0.2) is 0 Å². The Morgan fingerprint density at radius 2 is 1.83 bits per heavy atom. The molecular weight excluding hydrogens is 292 g/mol. The molecule has 5 aliphatic carbocycles. The molecule has 1 N–H and O–H groups in total. The monoisotopic (exact) mass is 328 g/mol. The predicted octanol–water partition coefficient (Wildman–Crippen LogP) is 5.73. The van der Waals surface area contributed by atoms with Crippen molar-refractivity contribution in [3.05, 3.63) is 12.2 Å². The fourth-order valence-corrected chi connectivity index (χ4v) is 8.96. The van der Waals surface area contributed by atoms with Gasteiger partial charge in [-0.15, -0.1) is 0 Å². The third kappa shape index (κ3) is 1.97. The summed E-state index contributed by atoms with van der Waals surface area (Å²) in [6.07, 6.45) is 16.4. The highest BCUT2D eigenvalue weighted by Crippen LogP contribution is 2.70. The van der Waals surface area contributed by atoms with E-state index in [-0.39, 0.29) is 6.10 Å². The summed E-state index contributed by atoms with van der Waals surface area (Å²) in [6.45, 7) is 7.12. The van der Waals surface area contributed by atoms with Crippen LogP contribution in [0.1, 0.15) is 84.0 Å². The van der Waals surface area contributed by atoms with E-state index in [1.54, 1.807) is 5.57 Å². The van der Waals surface area contributed by atoms with Crippen LogP contribution in [0, 0.1) is 40.4 Å². The molecule has 5 aliphatic rings. The Kier molecular flexibility index (Phi) is 3.55. The van der Waals surface area contributed by atoms with Crippen molar-refractivity contribution in [3.63, 3.8) is 0 Å². The molecule has 0 radical (unpaired) electrons. The third-order valence-electron chi connectivity index (χ3n) is 9.99. The van der Waals surface area contributed by atoms with Crippen molar-refractivity contribution in [1.82, 2.24) is 0 Å². The topological polar surface area (TPSA) is 20.2 Å². The van der Waals surface area contributed by atoms with Crippen LogP contribution in [0.25, 0.3) is 0 Å². The SMILES string of the molecule is C=C1CCCC23CCC4C(CC[C@H]5C[C@H](O)CC[C@]45C)C2CCC13. The molecule has 1 nitrogen and oxygen atoms in total. The van der Waals surface area contributed by atoms with Gasteiger partial charge in [0.15, 0.2) is 0 Å². The van der Waals surface area contributed by atoms with Gasteiger partial charge in [-0.2, -0.15) is 0 Å². The van der Waals surface area contributed by atoms with Crippen LogP contribution in [-0.2, 0) is 0 Å². The summed E-state index contributed by atoms with van der Waals surface area (Å²) in [5, 5.41) is 10.2. The Hall–Kier alpha value is -0.300. The van der Waals surface area contributed by atoms with E-state index in [9.17, 15) is 5.11 Å². The lowest BCUT2D eigenvalue weighted by atomic mass is 9.43. The predicted molar refractivity (Wildman–Crippen MR) is 98.5 cm³/mol. The van der Waals surface area contributed by atoms with Crippen LogP contribution >= 0.6 is 0 Å². The largest absolute Gasteiger partial charge is 0.393 e. The first kappa shape index (κ1) is 15.9. The quantitative estimate of drug-likeness (QED) is 0.563. The lowest BCUT2D eigenvalue weighted by molar-refractivity contribution is -0.132. The smallest absolute Gasteiger partial charge is 0.0543 e.